The summed E-state index contributed by atoms with van der Waals surface area (Å²) in [4.78, 5) is 41.3. The lowest BCUT2D eigenvalue weighted by Crippen LogP contribution is -2.43. The average Bonchev–Trinajstić information content (AvgIpc) is 2.99. The number of primary amides is 1. The normalized spacial score (nSPS) is 20.7. The van der Waals surface area contributed by atoms with E-state index in [0.717, 1.165) is 15.9 Å². The Labute approximate surface area is 132 Å². The molecule has 0 saturated heterocycles. The van der Waals surface area contributed by atoms with Gasteiger partial charge in [0.05, 0.1) is 6.04 Å². The maximum atomic E-state index is 11.9. The van der Waals surface area contributed by atoms with E-state index in [-0.39, 0.29) is 18.1 Å². The van der Waals surface area contributed by atoms with E-state index < -0.39 is 29.3 Å². The topological polar surface area (TPSA) is 140 Å². The van der Waals surface area contributed by atoms with E-state index in [4.69, 9.17) is 10.5 Å². The highest BCUT2D eigenvalue weighted by Crippen LogP contribution is 2.28. The standard InChI is InChI=1S/C13H12N4O5S/c14-11(20)6-5-23-12(16-6)9-3-7(8(18)4-22-9)17-10(19)1-2-15-13(17)21/h1-3,5,7-8,18H,4H2,(H2,14,20)(H,15,21)/t7-,8-/m1/s1. The number of amides is 1. The molecule has 0 aromatic carbocycles. The third-order valence-corrected chi connectivity index (χ3v) is 4.14. The molecule has 1 aliphatic heterocycles. The summed E-state index contributed by atoms with van der Waals surface area (Å²) >= 11 is 1.13. The quantitative estimate of drug-likeness (QED) is 0.661. The number of carbonyl (C=O) groups is 1. The van der Waals surface area contributed by atoms with E-state index in [1.165, 1.54) is 23.7 Å². The first kappa shape index (κ1) is 15.2. The van der Waals surface area contributed by atoms with Crippen molar-refractivity contribution in [3.63, 3.8) is 0 Å². The third-order valence-electron chi connectivity index (χ3n) is 3.28. The smallest absolute Gasteiger partial charge is 0.328 e. The third kappa shape index (κ3) is 2.81. The first-order valence-corrected chi connectivity index (χ1v) is 7.44. The van der Waals surface area contributed by atoms with Gasteiger partial charge in [-0.2, -0.15) is 0 Å². The molecule has 4 N–H and O–H groups in total. The number of aliphatic hydroxyl groups is 1. The molecule has 120 valence electrons. The summed E-state index contributed by atoms with van der Waals surface area (Å²) in [6.45, 7) is -0.122. The minimum atomic E-state index is -1.07. The van der Waals surface area contributed by atoms with Crippen molar-refractivity contribution < 1.29 is 14.6 Å². The molecule has 0 spiro atoms. The van der Waals surface area contributed by atoms with Gasteiger partial charge in [-0.15, -0.1) is 11.3 Å². The fourth-order valence-corrected chi connectivity index (χ4v) is 2.97. The molecule has 23 heavy (non-hydrogen) atoms. The number of carbonyl (C=O) groups excluding carboxylic acids is 1. The molecule has 10 heteroatoms. The van der Waals surface area contributed by atoms with Gasteiger partial charge in [0.2, 0.25) is 0 Å². The Hall–Kier alpha value is -2.72. The molecular formula is C13H12N4O5S. The zero-order chi connectivity index (χ0) is 16.6. The number of nitrogens with one attached hydrogen (secondary N) is 1. The molecule has 1 amide bonds. The number of aliphatic hydroxyl groups excluding tert-OH is 1. The number of nitrogens with two attached hydrogens (primary N) is 1. The van der Waals surface area contributed by atoms with E-state index in [0.29, 0.717) is 5.01 Å². The van der Waals surface area contributed by atoms with Crippen molar-refractivity contribution in [2.45, 2.75) is 12.1 Å². The average molecular weight is 336 g/mol. The van der Waals surface area contributed by atoms with Gasteiger partial charge in [0.15, 0.2) is 10.8 Å². The number of nitrogens with zero attached hydrogens (tertiary/aromatic N) is 2. The van der Waals surface area contributed by atoms with Crippen molar-refractivity contribution in [1.29, 1.82) is 0 Å². The van der Waals surface area contributed by atoms with Crippen LogP contribution in [-0.2, 0) is 4.74 Å². The SMILES string of the molecule is NC(=O)c1csc(C2=C[C@@H](n3c(=O)cc[nH]c3=O)[C@H](O)CO2)n1. The molecule has 0 saturated carbocycles. The zero-order valence-electron chi connectivity index (χ0n) is 11.6. The van der Waals surface area contributed by atoms with E-state index in [1.807, 2.05) is 0 Å². The van der Waals surface area contributed by atoms with Crippen molar-refractivity contribution in [2.75, 3.05) is 6.61 Å². The summed E-state index contributed by atoms with van der Waals surface area (Å²) in [7, 11) is 0. The van der Waals surface area contributed by atoms with E-state index >= 15 is 0 Å². The highest BCUT2D eigenvalue weighted by Gasteiger charge is 2.29. The zero-order valence-corrected chi connectivity index (χ0v) is 12.4. The van der Waals surface area contributed by atoms with Gasteiger partial charge >= 0.3 is 5.69 Å². The highest BCUT2D eigenvalue weighted by molar-refractivity contribution is 7.10. The molecule has 0 bridgehead atoms. The Morgan fingerprint density at radius 2 is 2.30 bits per heavy atom. The summed E-state index contributed by atoms with van der Waals surface area (Å²) in [6, 6.07) is 0.281. The molecule has 3 heterocycles. The minimum absolute atomic E-state index is 0.0897. The number of ether oxygens (including phenoxy) is 1. The maximum Gasteiger partial charge on any atom is 0.328 e. The lowest BCUT2D eigenvalue weighted by Gasteiger charge is -2.27. The predicted molar refractivity (Wildman–Crippen MR) is 80.9 cm³/mol. The minimum Gasteiger partial charge on any atom is -0.488 e. The molecule has 1 aliphatic rings. The monoisotopic (exact) mass is 336 g/mol. The number of aromatic amines is 1. The van der Waals surface area contributed by atoms with Crippen molar-refractivity contribution in [3.05, 3.63) is 55.3 Å². The van der Waals surface area contributed by atoms with Gasteiger partial charge in [-0.1, -0.05) is 0 Å². The van der Waals surface area contributed by atoms with Crippen LogP contribution >= 0.6 is 11.3 Å². The van der Waals surface area contributed by atoms with Crippen LogP contribution in [0.5, 0.6) is 0 Å². The van der Waals surface area contributed by atoms with Gasteiger partial charge in [-0.25, -0.2) is 9.78 Å². The Morgan fingerprint density at radius 3 is 2.96 bits per heavy atom. The Morgan fingerprint density at radius 1 is 1.52 bits per heavy atom. The Balaban J connectivity index is 2.05. The number of thiazole rings is 1. The summed E-state index contributed by atoms with van der Waals surface area (Å²) in [5.74, 6) is -0.399. The molecule has 2 atom stereocenters. The van der Waals surface area contributed by atoms with Gasteiger partial charge in [-0.3, -0.25) is 14.2 Å². The predicted octanol–water partition coefficient (Wildman–Crippen LogP) is -0.935. The first-order valence-electron chi connectivity index (χ1n) is 6.56. The van der Waals surface area contributed by atoms with Crippen LogP contribution in [0.4, 0.5) is 0 Å². The van der Waals surface area contributed by atoms with Crippen LogP contribution in [0.25, 0.3) is 5.76 Å². The van der Waals surface area contributed by atoms with E-state index in [9.17, 15) is 19.5 Å². The summed E-state index contributed by atoms with van der Waals surface area (Å²) in [5.41, 5.74) is 4.05. The van der Waals surface area contributed by atoms with Gasteiger partial charge in [0.1, 0.15) is 18.4 Å². The molecule has 3 rings (SSSR count). The van der Waals surface area contributed by atoms with Crippen LogP contribution in [0.2, 0.25) is 0 Å². The number of aromatic nitrogens is 3. The van der Waals surface area contributed by atoms with Gasteiger partial charge in [0, 0.05) is 17.6 Å². The second-order valence-electron chi connectivity index (χ2n) is 4.79. The van der Waals surface area contributed by atoms with Crippen LogP contribution < -0.4 is 17.0 Å². The van der Waals surface area contributed by atoms with Crippen LogP contribution in [0.15, 0.2) is 33.3 Å². The molecular weight excluding hydrogens is 324 g/mol. The summed E-state index contributed by atoms with van der Waals surface area (Å²) in [6.07, 6.45) is 1.59. The number of hydrogen-bond donors (Lipinski definition) is 3. The van der Waals surface area contributed by atoms with E-state index in [2.05, 4.69) is 9.97 Å². The molecule has 2 aromatic rings. The number of rotatable bonds is 3. The van der Waals surface area contributed by atoms with Gasteiger partial charge in [0.25, 0.3) is 11.5 Å². The molecule has 2 aromatic heterocycles. The van der Waals surface area contributed by atoms with E-state index in [1.54, 1.807) is 0 Å². The highest BCUT2D eigenvalue weighted by atomic mass is 32.1. The lowest BCUT2D eigenvalue weighted by atomic mass is 10.1. The number of hydrogen-bond acceptors (Lipinski definition) is 7. The lowest BCUT2D eigenvalue weighted by molar-refractivity contribution is 0.0497. The molecule has 0 radical (unpaired) electrons. The van der Waals surface area contributed by atoms with Gasteiger partial charge < -0.3 is 20.6 Å². The Kier molecular flexibility index (Phi) is 3.84. The molecule has 0 aliphatic carbocycles. The molecule has 0 fully saturated rings. The fourth-order valence-electron chi connectivity index (χ4n) is 2.18. The second kappa shape index (κ2) is 5.82. The van der Waals surface area contributed by atoms with Crippen molar-refractivity contribution in [3.8, 4) is 0 Å². The second-order valence-corrected chi connectivity index (χ2v) is 5.65. The number of H-pyrrole nitrogens is 1. The van der Waals surface area contributed by atoms with Crippen LogP contribution in [0, 0.1) is 0 Å². The van der Waals surface area contributed by atoms with Crippen molar-refractivity contribution in [2.24, 2.45) is 5.73 Å². The maximum absolute atomic E-state index is 11.9. The first-order chi connectivity index (χ1) is 11.0. The van der Waals surface area contributed by atoms with Crippen molar-refractivity contribution in [1.82, 2.24) is 14.5 Å². The Bertz CT molecular complexity index is 868. The summed E-state index contributed by atoms with van der Waals surface area (Å²) < 4.78 is 6.28. The largest absolute Gasteiger partial charge is 0.488 e. The van der Waals surface area contributed by atoms with Gasteiger partial charge in [-0.05, 0) is 6.08 Å². The molecule has 9 nitrogen and oxygen atoms in total. The van der Waals surface area contributed by atoms with Crippen molar-refractivity contribution >= 4 is 23.0 Å². The van der Waals surface area contributed by atoms with Crippen LogP contribution in [0.3, 0.4) is 0 Å². The fraction of sp³-hybridized carbons (Fsp3) is 0.231. The molecule has 0 unspecified atom stereocenters. The van der Waals surface area contributed by atoms with Crippen LogP contribution in [0.1, 0.15) is 21.5 Å². The summed E-state index contributed by atoms with van der Waals surface area (Å²) in [5, 5.41) is 11.9. The van der Waals surface area contributed by atoms with Crippen LogP contribution in [-0.4, -0.2) is 38.3 Å².